The fraction of sp³-hybridized carbons (Fsp3) is 0.417. The van der Waals surface area contributed by atoms with Gasteiger partial charge in [-0.1, -0.05) is 39.1 Å². The molecule has 122 valence electrons. The zero-order chi connectivity index (χ0) is 16.7. The van der Waals surface area contributed by atoms with Crippen LogP contribution in [0.1, 0.15) is 12.0 Å². The maximum Gasteiger partial charge on any atom is 0.322 e. The molecule has 1 heterocycles. The molecule has 0 saturated carbocycles. The van der Waals surface area contributed by atoms with E-state index in [-0.39, 0.29) is 28.2 Å². The zero-order valence-corrected chi connectivity index (χ0v) is 15.0. The van der Waals surface area contributed by atoms with Crippen molar-refractivity contribution in [2.24, 2.45) is 0 Å². The molecule has 0 aliphatic carbocycles. The first-order chi connectivity index (χ1) is 10.2. The lowest BCUT2D eigenvalue weighted by molar-refractivity contribution is -0.140. The van der Waals surface area contributed by atoms with Crippen molar-refractivity contribution in [1.29, 1.82) is 0 Å². The van der Waals surface area contributed by atoms with Crippen molar-refractivity contribution in [2.45, 2.75) is 28.8 Å². The van der Waals surface area contributed by atoms with Crippen molar-refractivity contribution in [3.05, 3.63) is 27.7 Å². The SMILES string of the molecule is O=C(O)[C@@H]1CC(O)CN1S(=O)(=O)c1ccc(Cl)c(CBr)c1Cl. The van der Waals surface area contributed by atoms with Gasteiger partial charge in [0.15, 0.2) is 0 Å². The molecule has 2 rings (SSSR count). The van der Waals surface area contributed by atoms with Crippen molar-refractivity contribution < 1.29 is 23.4 Å². The number of hydrogen-bond donors (Lipinski definition) is 2. The van der Waals surface area contributed by atoms with Gasteiger partial charge in [0, 0.05) is 28.9 Å². The minimum Gasteiger partial charge on any atom is -0.480 e. The standard InChI is InChI=1S/C12H12BrCl2NO5S/c13-4-7-8(14)1-2-10(11(7)15)22(20,21)16-5-6(17)3-9(16)12(18)19/h1-2,6,9,17H,3-5H2,(H,18,19)/t6?,9-/m0/s1. The number of aliphatic carboxylic acids is 1. The highest BCUT2D eigenvalue weighted by Crippen LogP contribution is 2.36. The Kier molecular flexibility index (Phi) is 5.41. The summed E-state index contributed by atoms with van der Waals surface area (Å²) in [5.74, 6) is -1.31. The second kappa shape index (κ2) is 6.62. The molecule has 1 unspecified atom stereocenters. The van der Waals surface area contributed by atoms with Crippen molar-refractivity contribution in [2.75, 3.05) is 6.54 Å². The molecule has 0 amide bonds. The van der Waals surface area contributed by atoms with E-state index in [1.54, 1.807) is 0 Å². The van der Waals surface area contributed by atoms with Crippen molar-refractivity contribution in [1.82, 2.24) is 4.31 Å². The third kappa shape index (κ3) is 3.13. The lowest BCUT2D eigenvalue weighted by Crippen LogP contribution is -2.40. The van der Waals surface area contributed by atoms with Gasteiger partial charge in [0.25, 0.3) is 0 Å². The number of carbonyl (C=O) groups is 1. The summed E-state index contributed by atoms with van der Waals surface area (Å²) in [4.78, 5) is 11.0. The quantitative estimate of drug-likeness (QED) is 0.710. The number of hydrogen-bond acceptors (Lipinski definition) is 4. The first kappa shape index (κ1) is 18.0. The van der Waals surface area contributed by atoms with Gasteiger partial charge in [-0.3, -0.25) is 4.79 Å². The molecule has 1 aromatic carbocycles. The largest absolute Gasteiger partial charge is 0.480 e. The molecule has 0 radical (unpaired) electrons. The van der Waals surface area contributed by atoms with Gasteiger partial charge in [-0.2, -0.15) is 4.31 Å². The van der Waals surface area contributed by atoms with Gasteiger partial charge in [-0.25, -0.2) is 8.42 Å². The molecule has 2 atom stereocenters. The zero-order valence-electron chi connectivity index (χ0n) is 11.0. The van der Waals surface area contributed by atoms with E-state index < -0.39 is 28.1 Å². The Bertz CT molecular complexity index is 712. The third-order valence-electron chi connectivity index (χ3n) is 3.39. The normalized spacial score (nSPS) is 22.9. The molecule has 0 spiro atoms. The summed E-state index contributed by atoms with van der Waals surface area (Å²) in [5, 5.41) is 19.3. The van der Waals surface area contributed by atoms with E-state index in [1.807, 2.05) is 0 Å². The Hall–Kier alpha value is -0.380. The summed E-state index contributed by atoms with van der Waals surface area (Å²) >= 11 is 15.2. The van der Waals surface area contributed by atoms with Crippen molar-refractivity contribution in [3.8, 4) is 0 Å². The molecule has 1 aliphatic heterocycles. The average molecular weight is 433 g/mol. The molecule has 10 heteroatoms. The minimum atomic E-state index is -4.16. The number of benzene rings is 1. The molecule has 6 nitrogen and oxygen atoms in total. The Labute approximate surface area is 145 Å². The highest BCUT2D eigenvalue weighted by Gasteiger charge is 2.44. The first-order valence-corrected chi connectivity index (χ1v) is 9.47. The van der Waals surface area contributed by atoms with E-state index in [4.69, 9.17) is 28.3 Å². The minimum absolute atomic E-state index is 0.0603. The number of sulfonamides is 1. The van der Waals surface area contributed by atoms with E-state index in [0.29, 0.717) is 10.6 Å². The third-order valence-corrected chi connectivity index (χ3v) is 6.77. The summed E-state index contributed by atoms with van der Waals surface area (Å²) in [6.07, 6.45) is -1.19. The number of halogens is 3. The molecule has 1 aromatic rings. The van der Waals surface area contributed by atoms with Crippen LogP contribution in [0.15, 0.2) is 17.0 Å². The predicted octanol–water partition coefficient (Wildman–Crippen LogP) is 2.10. The predicted molar refractivity (Wildman–Crippen MR) is 85.0 cm³/mol. The summed E-state index contributed by atoms with van der Waals surface area (Å²) in [6, 6.07) is 1.30. The topological polar surface area (TPSA) is 94.9 Å². The number of aliphatic hydroxyl groups excluding tert-OH is 1. The molecule has 22 heavy (non-hydrogen) atoms. The molecule has 1 aliphatic rings. The Balaban J connectivity index is 2.54. The van der Waals surface area contributed by atoms with Crippen LogP contribution < -0.4 is 0 Å². The maximum atomic E-state index is 12.7. The average Bonchev–Trinajstić information content (AvgIpc) is 2.82. The van der Waals surface area contributed by atoms with Gasteiger partial charge in [0.05, 0.1) is 11.1 Å². The molecule has 1 saturated heterocycles. The summed E-state index contributed by atoms with van der Waals surface area (Å²) in [5.41, 5.74) is 0.399. The number of carboxylic acid groups (broad SMARTS) is 1. The number of β-amino-alcohol motifs (C(OH)–C–C–N with tert-alkyl or cyclic N) is 1. The van der Waals surface area contributed by atoms with E-state index >= 15 is 0 Å². The van der Waals surface area contributed by atoms with Gasteiger partial charge < -0.3 is 10.2 Å². The van der Waals surface area contributed by atoms with Crippen LogP contribution >= 0.6 is 39.1 Å². The van der Waals surface area contributed by atoms with Gasteiger partial charge >= 0.3 is 5.97 Å². The summed E-state index contributed by atoms with van der Waals surface area (Å²) in [7, 11) is -4.16. The second-order valence-corrected chi connectivity index (χ2v) is 7.99. The van der Waals surface area contributed by atoms with E-state index in [9.17, 15) is 18.3 Å². The lowest BCUT2D eigenvalue weighted by atomic mass is 10.2. The van der Waals surface area contributed by atoms with Crippen LogP contribution in [0, 0.1) is 0 Å². The Morgan fingerprint density at radius 2 is 2.05 bits per heavy atom. The number of alkyl halides is 1. The van der Waals surface area contributed by atoms with Crippen LogP contribution in [0.25, 0.3) is 0 Å². The number of carboxylic acids is 1. The fourth-order valence-electron chi connectivity index (χ4n) is 2.30. The number of rotatable bonds is 4. The van der Waals surface area contributed by atoms with Crippen LogP contribution in [0.5, 0.6) is 0 Å². The fourth-order valence-corrected chi connectivity index (χ4v) is 5.72. The van der Waals surface area contributed by atoms with Crippen LogP contribution in [-0.2, 0) is 20.1 Å². The van der Waals surface area contributed by atoms with Gasteiger partial charge in [-0.15, -0.1) is 0 Å². The van der Waals surface area contributed by atoms with Gasteiger partial charge in [0.1, 0.15) is 10.9 Å². The highest BCUT2D eigenvalue weighted by atomic mass is 79.9. The van der Waals surface area contributed by atoms with Crippen LogP contribution in [-0.4, -0.2) is 47.6 Å². The summed E-state index contributed by atoms with van der Waals surface area (Å²) in [6.45, 7) is -0.290. The van der Waals surface area contributed by atoms with E-state index in [0.717, 1.165) is 4.31 Å². The van der Waals surface area contributed by atoms with Gasteiger partial charge in [-0.05, 0) is 12.1 Å². The Morgan fingerprint density at radius 3 is 2.59 bits per heavy atom. The van der Waals surface area contributed by atoms with Crippen LogP contribution in [0.2, 0.25) is 10.0 Å². The molecule has 0 aromatic heterocycles. The lowest BCUT2D eigenvalue weighted by Gasteiger charge is -2.22. The maximum absolute atomic E-state index is 12.7. The highest BCUT2D eigenvalue weighted by molar-refractivity contribution is 9.08. The number of aliphatic hydroxyl groups is 1. The van der Waals surface area contributed by atoms with Crippen molar-refractivity contribution >= 4 is 55.1 Å². The van der Waals surface area contributed by atoms with Crippen LogP contribution in [0.3, 0.4) is 0 Å². The van der Waals surface area contributed by atoms with E-state index in [2.05, 4.69) is 15.9 Å². The monoisotopic (exact) mass is 431 g/mol. The Morgan fingerprint density at radius 1 is 1.41 bits per heavy atom. The second-order valence-electron chi connectivity index (χ2n) is 4.79. The van der Waals surface area contributed by atoms with Gasteiger partial charge in [0.2, 0.25) is 10.0 Å². The molecule has 1 fully saturated rings. The molecular formula is C12H12BrCl2NO5S. The van der Waals surface area contributed by atoms with E-state index in [1.165, 1.54) is 12.1 Å². The molecular weight excluding hydrogens is 421 g/mol. The van der Waals surface area contributed by atoms with Crippen LogP contribution in [0.4, 0.5) is 0 Å². The molecule has 0 bridgehead atoms. The van der Waals surface area contributed by atoms with Crippen molar-refractivity contribution in [3.63, 3.8) is 0 Å². The smallest absolute Gasteiger partial charge is 0.322 e. The first-order valence-electron chi connectivity index (χ1n) is 6.15. The number of nitrogens with zero attached hydrogens (tertiary/aromatic N) is 1. The molecule has 2 N–H and O–H groups in total. The summed E-state index contributed by atoms with van der Waals surface area (Å²) < 4.78 is 26.2.